The Bertz CT molecular complexity index is 921. The monoisotopic (exact) mass is 360 g/mol. The molecule has 1 fully saturated rings. The second kappa shape index (κ2) is 6.02. The van der Waals surface area contributed by atoms with E-state index in [1.807, 2.05) is 12.1 Å². The Morgan fingerprint density at radius 3 is 2.48 bits per heavy atom. The van der Waals surface area contributed by atoms with E-state index in [0.717, 1.165) is 30.0 Å². The van der Waals surface area contributed by atoms with E-state index in [1.54, 1.807) is 6.92 Å². The fourth-order valence-corrected chi connectivity index (χ4v) is 5.48. The fourth-order valence-electron chi connectivity index (χ4n) is 3.78. The molecule has 0 saturated carbocycles. The van der Waals surface area contributed by atoms with Gasteiger partial charge < -0.3 is 4.90 Å². The molecule has 4 rings (SSSR count). The van der Waals surface area contributed by atoms with Crippen molar-refractivity contribution in [2.45, 2.75) is 31.1 Å². The van der Waals surface area contributed by atoms with Crippen molar-refractivity contribution >= 4 is 21.4 Å². The molecule has 0 aromatic heterocycles. The first-order valence-electron chi connectivity index (χ1n) is 8.63. The largest absolute Gasteiger partial charge is 0.371 e. The van der Waals surface area contributed by atoms with Gasteiger partial charge in [0.25, 0.3) is 10.0 Å². The van der Waals surface area contributed by atoms with E-state index in [0.29, 0.717) is 18.5 Å². The van der Waals surface area contributed by atoms with Crippen molar-refractivity contribution in [3.63, 3.8) is 0 Å². The molecule has 0 spiro atoms. The fraction of sp³-hybridized carbons (Fsp3) is 0.368. The third-order valence-electron chi connectivity index (χ3n) is 5.10. The van der Waals surface area contributed by atoms with Crippen LogP contribution in [0.1, 0.15) is 24.0 Å². The van der Waals surface area contributed by atoms with Crippen molar-refractivity contribution in [2.24, 2.45) is 0 Å². The summed E-state index contributed by atoms with van der Waals surface area (Å²) in [7, 11) is -3.69. The Morgan fingerprint density at radius 1 is 1.00 bits per heavy atom. The van der Waals surface area contributed by atoms with Crippen LogP contribution in [0.2, 0.25) is 0 Å². The first-order valence-corrected chi connectivity index (χ1v) is 10.1. The van der Waals surface area contributed by atoms with Gasteiger partial charge in [-0.15, -0.1) is 0 Å². The summed E-state index contributed by atoms with van der Waals surface area (Å²) in [6.45, 7) is 4.09. The summed E-state index contributed by atoms with van der Waals surface area (Å²) in [5, 5.41) is 0. The van der Waals surface area contributed by atoms with Crippen LogP contribution in [0.15, 0.2) is 41.3 Å². The standard InChI is InChI=1S/C19H21FN2O2S/c1-14-12-16(20)5-7-19(14)25(23,24)22-11-8-15-4-6-17(13-18(15)22)21-9-2-3-10-21/h4-7,12-13H,2-3,8-11H2,1H3. The molecule has 1 saturated heterocycles. The molecule has 0 N–H and O–H groups in total. The van der Waals surface area contributed by atoms with Crippen molar-refractivity contribution in [1.29, 1.82) is 0 Å². The molecule has 25 heavy (non-hydrogen) atoms. The topological polar surface area (TPSA) is 40.6 Å². The highest BCUT2D eigenvalue weighted by Gasteiger charge is 2.32. The summed E-state index contributed by atoms with van der Waals surface area (Å²) in [4.78, 5) is 2.47. The Kier molecular flexibility index (Phi) is 3.95. The quantitative estimate of drug-likeness (QED) is 0.841. The van der Waals surface area contributed by atoms with Gasteiger partial charge in [0.2, 0.25) is 0 Å². The molecule has 2 heterocycles. The lowest BCUT2D eigenvalue weighted by atomic mass is 10.1. The van der Waals surface area contributed by atoms with Crippen LogP contribution in [0.4, 0.5) is 15.8 Å². The maximum Gasteiger partial charge on any atom is 0.264 e. The molecule has 0 radical (unpaired) electrons. The van der Waals surface area contributed by atoms with Crippen LogP contribution < -0.4 is 9.21 Å². The summed E-state index contributed by atoms with van der Waals surface area (Å²) in [6.07, 6.45) is 3.05. The number of sulfonamides is 1. The van der Waals surface area contributed by atoms with Crippen LogP contribution in [0.3, 0.4) is 0 Å². The van der Waals surface area contributed by atoms with Gasteiger partial charge in [-0.25, -0.2) is 12.8 Å². The maximum atomic E-state index is 13.4. The molecule has 0 atom stereocenters. The Labute approximate surface area is 147 Å². The molecule has 132 valence electrons. The van der Waals surface area contributed by atoms with Gasteiger partial charge in [-0.1, -0.05) is 6.07 Å². The number of nitrogens with zero attached hydrogens (tertiary/aromatic N) is 2. The molecule has 0 bridgehead atoms. The first-order chi connectivity index (χ1) is 12.0. The van der Waals surface area contributed by atoms with E-state index in [9.17, 15) is 12.8 Å². The summed E-state index contributed by atoms with van der Waals surface area (Å²) in [5.74, 6) is -0.422. The normalized spacial score (nSPS) is 17.2. The first kappa shape index (κ1) is 16.4. The molecular weight excluding hydrogens is 339 g/mol. The SMILES string of the molecule is Cc1cc(F)ccc1S(=O)(=O)N1CCc2ccc(N3CCCC3)cc21. The van der Waals surface area contributed by atoms with Gasteiger partial charge in [0.15, 0.2) is 0 Å². The van der Waals surface area contributed by atoms with Gasteiger partial charge in [-0.2, -0.15) is 0 Å². The number of aryl methyl sites for hydroxylation is 1. The van der Waals surface area contributed by atoms with E-state index in [-0.39, 0.29) is 4.90 Å². The van der Waals surface area contributed by atoms with Crippen molar-refractivity contribution < 1.29 is 12.8 Å². The van der Waals surface area contributed by atoms with Gasteiger partial charge in [-0.05, 0) is 67.6 Å². The smallest absolute Gasteiger partial charge is 0.264 e. The summed E-state index contributed by atoms with van der Waals surface area (Å²) >= 11 is 0. The second-order valence-electron chi connectivity index (χ2n) is 6.74. The highest BCUT2D eigenvalue weighted by atomic mass is 32.2. The van der Waals surface area contributed by atoms with Crippen molar-refractivity contribution in [3.8, 4) is 0 Å². The van der Waals surface area contributed by atoms with E-state index in [2.05, 4.69) is 11.0 Å². The van der Waals surface area contributed by atoms with Gasteiger partial charge in [-0.3, -0.25) is 4.31 Å². The highest BCUT2D eigenvalue weighted by molar-refractivity contribution is 7.93. The van der Waals surface area contributed by atoms with Crippen molar-refractivity contribution in [2.75, 3.05) is 28.8 Å². The summed E-state index contributed by atoms with van der Waals surface area (Å²) < 4.78 is 41.1. The molecule has 4 nitrogen and oxygen atoms in total. The third-order valence-corrected chi connectivity index (χ3v) is 7.07. The minimum absolute atomic E-state index is 0.174. The predicted molar refractivity (Wildman–Crippen MR) is 97.3 cm³/mol. The van der Waals surface area contributed by atoms with Gasteiger partial charge in [0.1, 0.15) is 5.82 Å². The summed E-state index contributed by atoms with van der Waals surface area (Å²) in [6, 6.07) is 9.95. The summed E-state index contributed by atoms with van der Waals surface area (Å²) in [5.41, 5.74) is 3.32. The minimum Gasteiger partial charge on any atom is -0.371 e. The van der Waals surface area contributed by atoms with Crippen molar-refractivity contribution in [1.82, 2.24) is 0 Å². The molecule has 0 aliphatic carbocycles. The van der Waals surface area contributed by atoms with Crippen LogP contribution in [-0.4, -0.2) is 28.1 Å². The van der Waals surface area contributed by atoms with Crippen LogP contribution in [0.5, 0.6) is 0 Å². The predicted octanol–water partition coefficient (Wildman–Crippen LogP) is 3.49. The minimum atomic E-state index is -3.69. The van der Waals surface area contributed by atoms with Crippen molar-refractivity contribution in [3.05, 3.63) is 53.3 Å². The molecule has 6 heteroatoms. The molecule has 2 aliphatic heterocycles. The zero-order valence-electron chi connectivity index (χ0n) is 14.2. The third kappa shape index (κ3) is 2.78. The van der Waals surface area contributed by atoms with E-state index < -0.39 is 15.8 Å². The Balaban J connectivity index is 1.74. The number of fused-ring (bicyclic) bond motifs is 1. The van der Waals surface area contributed by atoms with Crippen LogP contribution >= 0.6 is 0 Å². The van der Waals surface area contributed by atoms with Gasteiger partial charge >= 0.3 is 0 Å². The van der Waals surface area contributed by atoms with Crippen LogP contribution in [-0.2, 0) is 16.4 Å². The van der Waals surface area contributed by atoms with Crippen LogP contribution in [0.25, 0.3) is 0 Å². The number of hydrogen-bond donors (Lipinski definition) is 0. The van der Waals surface area contributed by atoms with Gasteiger partial charge in [0, 0.05) is 25.3 Å². The lowest BCUT2D eigenvalue weighted by Gasteiger charge is -2.23. The Morgan fingerprint density at radius 2 is 1.76 bits per heavy atom. The number of anilines is 2. The Hall–Kier alpha value is -2.08. The number of hydrogen-bond acceptors (Lipinski definition) is 3. The molecule has 0 unspecified atom stereocenters. The molecule has 0 amide bonds. The molecular formula is C19H21FN2O2S. The average molecular weight is 360 g/mol. The zero-order chi connectivity index (χ0) is 17.6. The van der Waals surface area contributed by atoms with Gasteiger partial charge in [0.05, 0.1) is 10.6 Å². The highest BCUT2D eigenvalue weighted by Crippen LogP contribution is 2.37. The lowest BCUT2D eigenvalue weighted by Crippen LogP contribution is -2.30. The number of benzene rings is 2. The number of rotatable bonds is 3. The molecule has 2 aliphatic rings. The number of halogens is 1. The van der Waals surface area contributed by atoms with E-state index in [4.69, 9.17) is 0 Å². The molecule has 2 aromatic rings. The molecule has 2 aromatic carbocycles. The average Bonchev–Trinajstić information content (AvgIpc) is 3.23. The zero-order valence-corrected chi connectivity index (χ0v) is 15.0. The second-order valence-corrected chi connectivity index (χ2v) is 8.57. The maximum absolute atomic E-state index is 13.4. The van der Waals surface area contributed by atoms with E-state index in [1.165, 1.54) is 35.3 Å². The van der Waals surface area contributed by atoms with Crippen LogP contribution in [0, 0.1) is 12.7 Å². The van der Waals surface area contributed by atoms with E-state index >= 15 is 0 Å². The lowest BCUT2D eigenvalue weighted by molar-refractivity contribution is 0.590.